The van der Waals surface area contributed by atoms with Gasteiger partial charge in [-0.05, 0) is 75.3 Å². The minimum absolute atomic E-state index is 0.163. The number of nitro groups is 1. The SMILES string of the molecule is COc1ccc(C2C3=C(N=c4s/c(=C\c5cc(Br)c(O)c([N+](=O)[O-])c5)c(=O)n42)c2ccccc2CC3)cc1OC. The number of ether oxygens (including phenoxy) is 2. The van der Waals surface area contributed by atoms with E-state index in [9.17, 15) is 20.0 Å². The topological polar surface area (TPSA) is 116 Å². The molecule has 4 aromatic rings. The van der Waals surface area contributed by atoms with Gasteiger partial charge < -0.3 is 14.6 Å². The highest BCUT2D eigenvalue weighted by molar-refractivity contribution is 9.10. The molecule has 2 heterocycles. The van der Waals surface area contributed by atoms with E-state index in [0.29, 0.717) is 26.4 Å². The fraction of sp³-hybridized carbons (Fsp3) is 0.172. The van der Waals surface area contributed by atoms with Crippen LogP contribution in [0.2, 0.25) is 0 Å². The molecule has 1 atom stereocenters. The molecule has 6 rings (SSSR count). The first-order valence-electron chi connectivity index (χ1n) is 12.3. The molecular weight excluding hydrogens is 598 g/mol. The maximum Gasteiger partial charge on any atom is 0.312 e. The molecule has 2 aliphatic rings. The van der Waals surface area contributed by atoms with Crippen molar-refractivity contribution >= 4 is 44.7 Å². The first-order chi connectivity index (χ1) is 19.3. The van der Waals surface area contributed by atoms with Crippen molar-refractivity contribution in [2.24, 2.45) is 4.99 Å². The van der Waals surface area contributed by atoms with Gasteiger partial charge >= 0.3 is 5.69 Å². The second kappa shape index (κ2) is 10.1. The molecule has 1 unspecified atom stereocenters. The molecule has 9 nitrogen and oxygen atoms in total. The van der Waals surface area contributed by atoms with Crippen LogP contribution in [0.4, 0.5) is 5.69 Å². The van der Waals surface area contributed by atoms with Gasteiger partial charge in [0.25, 0.3) is 5.56 Å². The van der Waals surface area contributed by atoms with Crippen molar-refractivity contribution in [3.63, 3.8) is 0 Å². The van der Waals surface area contributed by atoms with Crippen LogP contribution in [0.3, 0.4) is 0 Å². The van der Waals surface area contributed by atoms with Crippen LogP contribution < -0.4 is 24.4 Å². The summed E-state index contributed by atoms with van der Waals surface area (Å²) in [4.78, 5) is 30.3. The van der Waals surface area contributed by atoms with Crippen molar-refractivity contribution in [2.75, 3.05) is 14.2 Å². The maximum absolute atomic E-state index is 14.0. The average Bonchev–Trinajstić information content (AvgIpc) is 3.27. The van der Waals surface area contributed by atoms with Crippen LogP contribution in [0, 0.1) is 10.1 Å². The number of nitrogens with zero attached hydrogens (tertiary/aromatic N) is 3. The van der Waals surface area contributed by atoms with Gasteiger partial charge in [-0.1, -0.05) is 41.7 Å². The lowest BCUT2D eigenvalue weighted by Crippen LogP contribution is -2.38. The summed E-state index contributed by atoms with van der Waals surface area (Å²) < 4.78 is 13.2. The average molecular weight is 620 g/mol. The predicted molar refractivity (Wildman–Crippen MR) is 155 cm³/mol. The van der Waals surface area contributed by atoms with Gasteiger partial charge in [0.05, 0.1) is 39.9 Å². The summed E-state index contributed by atoms with van der Waals surface area (Å²) in [6.45, 7) is 0. The number of halogens is 1. The van der Waals surface area contributed by atoms with Gasteiger partial charge in [-0.2, -0.15) is 0 Å². The van der Waals surface area contributed by atoms with Crippen LogP contribution >= 0.6 is 27.3 Å². The van der Waals surface area contributed by atoms with Gasteiger partial charge in [-0.15, -0.1) is 0 Å². The van der Waals surface area contributed by atoms with E-state index >= 15 is 0 Å². The Morgan fingerprint density at radius 2 is 1.90 bits per heavy atom. The van der Waals surface area contributed by atoms with Crippen LogP contribution in [0.25, 0.3) is 11.8 Å². The number of fused-ring (bicyclic) bond motifs is 3. The molecule has 0 saturated carbocycles. The number of rotatable bonds is 5. The molecule has 1 aliphatic heterocycles. The largest absolute Gasteiger partial charge is 0.501 e. The fourth-order valence-corrected chi connectivity index (χ4v) is 6.79. The molecule has 11 heteroatoms. The Hall–Kier alpha value is -4.22. The summed E-state index contributed by atoms with van der Waals surface area (Å²) >= 11 is 4.39. The van der Waals surface area contributed by atoms with Crippen molar-refractivity contribution in [1.29, 1.82) is 0 Å². The first kappa shape index (κ1) is 26.0. The summed E-state index contributed by atoms with van der Waals surface area (Å²) in [5, 5.41) is 21.5. The highest BCUT2D eigenvalue weighted by Crippen LogP contribution is 2.43. The molecule has 202 valence electrons. The van der Waals surface area contributed by atoms with E-state index in [1.807, 2.05) is 30.3 Å². The van der Waals surface area contributed by atoms with Crippen molar-refractivity contribution in [1.82, 2.24) is 4.57 Å². The summed E-state index contributed by atoms with van der Waals surface area (Å²) in [6.07, 6.45) is 3.14. The van der Waals surface area contributed by atoms with E-state index in [-0.39, 0.29) is 10.0 Å². The number of allylic oxidation sites excluding steroid dienone is 1. The Labute approximate surface area is 240 Å². The lowest BCUT2D eigenvalue weighted by atomic mass is 9.83. The number of phenolic OH excluding ortho intramolecular Hbond substituents is 1. The molecule has 0 amide bonds. The van der Waals surface area contributed by atoms with E-state index in [4.69, 9.17) is 14.5 Å². The number of aryl methyl sites for hydroxylation is 1. The van der Waals surface area contributed by atoms with Gasteiger partial charge in [0, 0.05) is 11.6 Å². The van der Waals surface area contributed by atoms with E-state index in [1.165, 1.54) is 29.0 Å². The Morgan fingerprint density at radius 3 is 2.65 bits per heavy atom. The number of thiazole rings is 1. The Morgan fingerprint density at radius 1 is 1.12 bits per heavy atom. The highest BCUT2D eigenvalue weighted by atomic mass is 79.9. The number of nitro benzene ring substituents is 1. The van der Waals surface area contributed by atoms with E-state index in [1.54, 1.807) is 24.9 Å². The van der Waals surface area contributed by atoms with E-state index < -0.39 is 22.4 Å². The van der Waals surface area contributed by atoms with Crippen molar-refractivity contribution in [3.05, 3.63) is 117 Å². The minimum atomic E-state index is -0.665. The summed E-state index contributed by atoms with van der Waals surface area (Å²) in [5.41, 5.74) is 4.68. The van der Waals surface area contributed by atoms with Gasteiger partial charge in [0.15, 0.2) is 16.3 Å². The Bertz CT molecular complexity index is 1930. The third-order valence-corrected chi connectivity index (χ3v) is 8.74. The highest BCUT2D eigenvalue weighted by Gasteiger charge is 2.33. The molecule has 40 heavy (non-hydrogen) atoms. The lowest BCUT2D eigenvalue weighted by molar-refractivity contribution is -0.386. The Balaban J connectivity index is 1.61. The third-order valence-electron chi connectivity index (χ3n) is 7.16. The summed E-state index contributed by atoms with van der Waals surface area (Å²) in [5.74, 6) is 0.670. The molecule has 0 radical (unpaired) electrons. The van der Waals surface area contributed by atoms with Crippen LogP contribution in [0.5, 0.6) is 17.2 Å². The number of benzene rings is 3. The normalized spacial score (nSPS) is 16.1. The second-order valence-corrected chi connectivity index (χ2v) is 11.2. The zero-order chi connectivity index (χ0) is 28.1. The first-order valence-corrected chi connectivity index (χ1v) is 13.9. The van der Waals surface area contributed by atoms with Crippen molar-refractivity contribution in [2.45, 2.75) is 18.9 Å². The standard InChI is InChI=1S/C29H22BrN3O6S/c1-38-22-10-8-17(14-23(22)39-2)26-19-9-7-16-5-3-4-6-18(16)25(19)31-29-32(26)28(35)24(40-29)13-15-11-20(30)27(34)21(12-15)33(36)37/h3-6,8,10-14,26,34H,7,9H2,1-2H3/b24-13-. The fourth-order valence-electron chi connectivity index (χ4n) is 5.32. The molecule has 0 bridgehead atoms. The number of phenols is 1. The number of aromatic hydroxyl groups is 1. The van der Waals surface area contributed by atoms with Crippen molar-refractivity contribution < 1.29 is 19.5 Å². The number of hydrogen-bond donors (Lipinski definition) is 1. The molecular formula is C29H22BrN3O6S. The van der Waals surface area contributed by atoms with E-state index in [2.05, 4.69) is 28.1 Å². The van der Waals surface area contributed by atoms with Crippen LogP contribution in [0.1, 0.15) is 34.7 Å². The molecule has 0 spiro atoms. The van der Waals surface area contributed by atoms with Gasteiger partial charge in [0.1, 0.15) is 0 Å². The van der Waals surface area contributed by atoms with Gasteiger partial charge in [-0.3, -0.25) is 19.5 Å². The summed E-state index contributed by atoms with van der Waals surface area (Å²) in [6, 6.07) is 16.2. The molecule has 1 aliphatic carbocycles. The third kappa shape index (κ3) is 4.22. The monoisotopic (exact) mass is 619 g/mol. The lowest BCUT2D eigenvalue weighted by Gasteiger charge is -2.31. The van der Waals surface area contributed by atoms with Gasteiger partial charge in [-0.25, -0.2) is 4.99 Å². The van der Waals surface area contributed by atoms with Crippen LogP contribution in [-0.4, -0.2) is 28.8 Å². The molecule has 0 fully saturated rings. The number of hydrogen-bond acceptors (Lipinski definition) is 8. The zero-order valence-electron chi connectivity index (χ0n) is 21.4. The van der Waals surface area contributed by atoms with Gasteiger partial charge in [0.2, 0.25) is 5.75 Å². The molecule has 0 saturated heterocycles. The van der Waals surface area contributed by atoms with Crippen LogP contribution in [0.15, 0.2) is 74.4 Å². The smallest absolute Gasteiger partial charge is 0.312 e. The predicted octanol–water partition coefficient (Wildman–Crippen LogP) is 4.71. The molecule has 1 N–H and O–H groups in total. The van der Waals surface area contributed by atoms with Crippen molar-refractivity contribution in [3.8, 4) is 17.2 Å². The molecule has 1 aromatic heterocycles. The number of methoxy groups -OCH3 is 2. The zero-order valence-corrected chi connectivity index (χ0v) is 23.8. The number of aromatic nitrogens is 1. The maximum atomic E-state index is 14.0. The van der Waals surface area contributed by atoms with E-state index in [0.717, 1.165) is 35.2 Å². The quantitative estimate of drug-likeness (QED) is 0.255. The Kier molecular flexibility index (Phi) is 6.55. The second-order valence-electron chi connectivity index (χ2n) is 9.36. The minimum Gasteiger partial charge on any atom is -0.501 e. The summed E-state index contributed by atoms with van der Waals surface area (Å²) in [7, 11) is 3.15. The molecule has 3 aromatic carbocycles. The van der Waals surface area contributed by atoms with Crippen LogP contribution in [-0.2, 0) is 6.42 Å².